The molecule has 1 aliphatic rings. The predicted molar refractivity (Wildman–Crippen MR) is 44.8 cm³/mol. The zero-order valence-corrected chi connectivity index (χ0v) is 7.52. The Morgan fingerprint density at radius 1 is 1.85 bits per heavy atom. The lowest BCUT2D eigenvalue weighted by molar-refractivity contribution is -0.156. The average molecular weight is 187 g/mol. The van der Waals surface area contributed by atoms with Crippen LogP contribution in [0.2, 0.25) is 0 Å². The number of hydrogen-bond donors (Lipinski definition) is 1. The molecule has 0 saturated carbocycles. The number of carbonyl (C=O) groups is 1. The molecule has 1 fully saturated rings. The van der Waals surface area contributed by atoms with Crippen molar-refractivity contribution in [3.8, 4) is 0 Å². The first kappa shape index (κ1) is 9.98. The van der Waals surface area contributed by atoms with E-state index in [1.807, 2.05) is 0 Å². The molecule has 0 spiro atoms. The van der Waals surface area contributed by atoms with Gasteiger partial charge in [-0.25, -0.2) is 4.79 Å². The predicted octanol–water partition coefficient (Wildman–Crippen LogP) is 0.559. The van der Waals surface area contributed by atoms with Gasteiger partial charge in [-0.05, 0) is 6.92 Å². The second kappa shape index (κ2) is 4.81. The highest BCUT2D eigenvalue weighted by Gasteiger charge is 2.26. The molecule has 0 aliphatic carbocycles. The van der Waals surface area contributed by atoms with E-state index in [9.17, 15) is 4.79 Å². The molecule has 1 saturated heterocycles. The maximum absolute atomic E-state index is 11.2. The maximum Gasteiger partial charge on any atom is 0.335 e. The van der Waals surface area contributed by atoms with Crippen LogP contribution in [0, 0.1) is 0 Å². The standard InChI is InChI=1S/C8H13NO4/c1-2-12-8(10)7-5-6(9-11)3-4-13-7/h7,11H,2-5H2,1H3. The molecule has 5 nitrogen and oxygen atoms in total. The highest BCUT2D eigenvalue weighted by molar-refractivity contribution is 5.90. The highest BCUT2D eigenvalue weighted by Crippen LogP contribution is 2.12. The molecule has 74 valence electrons. The molecule has 13 heavy (non-hydrogen) atoms. The molecule has 1 rings (SSSR count). The van der Waals surface area contributed by atoms with Gasteiger partial charge in [0.15, 0.2) is 6.10 Å². The van der Waals surface area contributed by atoms with Crippen molar-refractivity contribution in [2.24, 2.45) is 5.16 Å². The molecule has 1 unspecified atom stereocenters. The van der Waals surface area contributed by atoms with E-state index in [4.69, 9.17) is 14.7 Å². The van der Waals surface area contributed by atoms with E-state index in [0.29, 0.717) is 31.8 Å². The first-order chi connectivity index (χ1) is 6.27. The number of carbonyl (C=O) groups excluding carboxylic acids is 1. The summed E-state index contributed by atoms with van der Waals surface area (Å²) in [6, 6.07) is 0. The number of nitrogens with zero attached hydrogens (tertiary/aromatic N) is 1. The largest absolute Gasteiger partial charge is 0.464 e. The third-order valence-corrected chi connectivity index (χ3v) is 1.82. The Balaban J connectivity index is 2.46. The van der Waals surface area contributed by atoms with E-state index in [1.54, 1.807) is 6.92 Å². The third kappa shape index (κ3) is 2.69. The molecule has 0 bridgehead atoms. The van der Waals surface area contributed by atoms with Crippen molar-refractivity contribution in [1.29, 1.82) is 0 Å². The van der Waals surface area contributed by atoms with Gasteiger partial charge in [0.05, 0.1) is 18.9 Å². The fourth-order valence-electron chi connectivity index (χ4n) is 1.17. The Labute approximate surface area is 76.3 Å². The Morgan fingerprint density at radius 2 is 2.62 bits per heavy atom. The van der Waals surface area contributed by atoms with Crippen LogP contribution in [-0.4, -0.2) is 36.2 Å². The smallest absolute Gasteiger partial charge is 0.335 e. The minimum absolute atomic E-state index is 0.329. The van der Waals surface area contributed by atoms with E-state index in [0.717, 1.165) is 0 Å². The number of esters is 1. The Kier molecular flexibility index (Phi) is 3.70. The lowest BCUT2D eigenvalue weighted by Gasteiger charge is -2.21. The Morgan fingerprint density at radius 3 is 3.23 bits per heavy atom. The summed E-state index contributed by atoms with van der Waals surface area (Å²) in [6.07, 6.45) is 0.307. The van der Waals surface area contributed by atoms with Crippen molar-refractivity contribution >= 4 is 11.7 Å². The molecule has 0 aromatic carbocycles. The molecule has 0 aromatic heterocycles. The van der Waals surface area contributed by atoms with E-state index in [1.165, 1.54) is 0 Å². The lowest BCUT2D eigenvalue weighted by atomic mass is 10.1. The van der Waals surface area contributed by atoms with Crippen molar-refractivity contribution in [3.63, 3.8) is 0 Å². The van der Waals surface area contributed by atoms with Gasteiger partial charge in [-0.3, -0.25) is 0 Å². The van der Waals surface area contributed by atoms with E-state index in [2.05, 4.69) is 5.16 Å². The fourth-order valence-corrected chi connectivity index (χ4v) is 1.17. The molecule has 0 aromatic rings. The average Bonchev–Trinajstić information content (AvgIpc) is 2.18. The van der Waals surface area contributed by atoms with E-state index < -0.39 is 6.10 Å². The molecule has 0 amide bonds. The monoisotopic (exact) mass is 187 g/mol. The molecule has 1 heterocycles. The summed E-state index contributed by atoms with van der Waals surface area (Å²) in [5.41, 5.74) is 0.587. The molecule has 5 heteroatoms. The first-order valence-corrected chi connectivity index (χ1v) is 4.26. The van der Waals surface area contributed by atoms with Crippen LogP contribution in [0.15, 0.2) is 5.16 Å². The maximum atomic E-state index is 11.2. The molecule has 1 atom stereocenters. The molecular weight excluding hydrogens is 174 g/mol. The summed E-state index contributed by atoms with van der Waals surface area (Å²) in [6.45, 7) is 2.48. The number of hydrogen-bond acceptors (Lipinski definition) is 5. The van der Waals surface area contributed by atoms with Gasteiger partial charge in [-0.2, -0.15) is 0 Å². The van der Waals surface area contributed by atoms with Gasteiger partial charge in [-0.15, -0.1) is 0 Å². The highest BCUT2D eigenvalue weighted by atomic mass is 16.6. The normalized spacial score (nSPS) is 25.9. The van der Waals surface area contributed by atoms with Gasteiger partial charge in [0, 0.05) is 12.8 Å². The van der Waals surface area contributed by atoms with Crippen LogP contribution >= 0.6 is 0 Å². The SMILES string of the molecule is CCOC(=O)C1CC(=NO)CCO1. The lowest BCUT2D eigenvalue weighted by Crippen LogP contribution is -2.34. The topological polar surface area (TPSA) is 68.1 Å². The first-order valence-electron chi connectivity index (χ1n) is 4.26. The molecular formula is C8H13NO4. The Bertz CT molecular complexity index is 214. The number of ether oxygens (including phenoxy) is 2. The number of rotatable bonds is 2. The van der Waals surface area contributed by atoms with Gasteiger partial charge < -0.3 is 14.7 Å². The van der Waals surface area contributed by atoms with Crippen LogP contribution in [0.4, 0.5) is 0 Å². The van der Waals surface area contributed by atoms with Gasteiger partial charge in [0.1, 0.15) is 0 Å². The summed E-state index contributed by atoms with van der Waals surface area (Å²) < 4.78 is 9.93. The quantitative estimate of drug-likeness (QED) is 0.389. The van der Waals surface area contributed by atoms with E-state index >= 15 is 0 Å². The summed E-state index contributed by atoms with van der Waals surface area (Å²) in [7, 11) is 0. The zero-order chi connectivity index (χ0) is 9.68. The summed E-state index contributed by atoms with van der Waals surface area (Å²) in [5, 5.41) is 11.6. The summed E-state index contributed by atoms with van der Waals surface area (Å²) >= 11 is 0. The minimum atomic E-state index is -0.598. The second-order valence-electron chi connectivity index (χ2n) is 2.73. The zero-order valence-electron chi connectivity index (χ0n) is 7.52. The van der Waals surface area contributed by atoms with E-state index in [-0.39, 0.29) is 5.97 Å². The van der Waals surface area contributed by atoms with Crippen molar-refractivity contribution in [1.82, 2.24) is 0 Å². The molecule has 1 N–H and O–H groups in total. The van der Waals surface area contributed by atoms with Crippen LogP contribution in [0.3, 0.4) is 0 Å². The van der Waals surface area contributed by atoms with Gasteiger partial charge >= 0.3 is 5.97 Å². The molecule has 0 radical (unpaired) electrons. The van der Waals surface area contributed by atoms with Crippen molar-refractivity contribution in [3.05, 3.63) is 0 Å². The van der Waals surface area contributed by atoms with Crippen LogP contribution < -0.4 is 0 Å². The Hall–Kier alpha value is -1.10. The van der Waals surface area contributed by atoms with Crippen LogP contribution in [-0.2, 0) is 14.3 Å². The van der Waals surface area contributed by atoms with Crippen molar-refractivity contribution in [2.75, 3.05) is 13.2 Å². The van der Waals surface area contributed by atoms with Gasteiger partial charge in [-0.1, -0.05) is 5.16 Å². The summed E-state index contributed by atoms with van der Waals surface area (Å²) in [5.74, 6) is -0.386. The fraction of sp³-hybridized carbons (Fsp3) is 0.750. The van der Waals surface area contributed by atoms with Crippen LogP contribution in [0.25, 0.3) is 0 Å². The second-order valence-corrected chi connectivity index (χ2v) is 2.73. The third-order valence-electron chi connectivity index (χ3n) is 1.82. The van der Waals surface area contributed by atoms with Gasteiger partial charge in [0.25, 0.3) is 0 Å². The number of oxime groups is 1. The van der Waals surface area contributed by atoms with Gasteiger partial charge in [0.2, 0.25) is 0 Å². The molecule has 1 aliphatic heterocycles. The minimum Gasteiger partial charge on any atom is -0.464 e. The van der Waals surface area contributed by atoms with Crippen molar-refractivity contribution in [2.45, 2.75) is 25.9 Å². The van der Waals surface area contributed by atoms with Crippen LogP contribution in [0.5, 0.6) is 0 Å². The van der Waals surface area contributed by atoms with Crippen LogP contribution in [0.1, 0.15) is 19.8 Å². The van der Waals surface area contributed by atoms with Crippen molar-refractivity contribution < 1.29 is 19.5 Å². The summed E-state index contributed by atoms with van der Waals surface area (Å²) in [4.78, 5) is 11.2.